The molecule has 0 spiro atoms. The highest BCUT2D eigenvalue weighted by atomic mass is 16.2. The second-order valence-corrected chi connectivity index (χ2v) is 5.33. The normalized spacial score (nSPS) is 15.6. The van der Waals surface area contributed by atoms with E-state index in [0.29, 0.717) is 5.56 Å². The average Bonchev–Trinajstić information content (AvgIpc) is 2.57. The molecule has 0 heterocycles. The quantitative estimate of drug-likeness (QED) is 0.625. The van der Waals surface area contributed by atoms with E-state index in [-0.39, 0.29) is 5.91 Å². The maximum Gasteiger partial charge on any atom is 0.269 e. The molecule has 118 valence electrons. The monoisotopic (exact) mass is 299 g/mol. The van der Waals surface area contributed by atoms with Gasteiger partial charge in [0.25, 0.3) is 5.91 Å². The maximum absolute atomic E-state index is 12.1. The van der Waals surface area contributed by atoms with Crippen LogP contribution >= 0.6 is 0 Å². The number of hydrazine groups is 1. The van der Waals surface area contributed by atoms with Gasteiger partial charge in [-0.3, -0.25) is 10.2 Å². The molecule has 2 rings (SSSR count). The summed E-state index contributed by atoms with van der Waals surface area (Å²) < 4.78 is 0. The van der Waals surface area contributed by atoms with Crippen LogP contribution in [0.15, 0.2) is 48.2 Å². The molecule has 1 aromatic carbocycles. The van der Waals surface area contributed by atoms with Gasteiger partial charge < -0.3 is 10.3 Å². The first-order valence-electron chi connectivity index (χ1n) is 7.98. The fourth-order valence-electron chi connectivity index (χ4n) is 2.54. The van der Waals surface area contributed by atoms with E-state index in [1.807, 2.05) is 30.5 Å². The Hall–Kier alpha value is -2.23. The lowest BCUT2D eigenvalue weighted by atomic mass is 10.0. The van der Waals surface area contributed by atoms with Gasteiger partial charge in [0.15, 0.2) is 0 Å². The Morgan fingerprint density at radius 3 is 2.50 bits per heavy atom. The van der Waals surface area contributed by atoms with Crippen LogP contribution in [0.2, 0.25) is 0 Å². The highest BCUT2D eigenvalue weighted by molar-refractivity contribution is 5.94. The van der Waals surface area contributed by atoms with E-state index < -0.39 is 0 Å². The Labute approximate surface area is 132 Å². The molecule has 0 aliphatic heterocycles. The number of allylic oxidation sites excluding steroid dienone is 3. The highest BCUT2D eigenvalue weighted by Gasteiger charge is 2.06. The molecule has 2 N–H and O–H groups in total. The number of hydrogen-bond acceptors (Lipinski definition) is 3. The Morgan fingerprint density at radius 2 is 1.91 bits per heavy atom. The summed E-state index contributed by atoms with van der Waals surface area (Å²) in [5, 5.41) is 0. The number of nitrogens with one attached hydrogen (secondary N) is 2. The molecule has 0 unspecified atom stereocenters. The van der Waals surface area contributed by atoms with Gasteiger partial charge in [-0.2, -0.15) is 0 Å². The molecule has 0 radical (unpaired) electrons. The molecule has 4 nitrogen and oxygen atoms in total. The third-order valence-corrected chi connectivity index (χ3v) is 3.90. The predicted octanol–water partition coefficient (Wildman–Crippen LogP) is 3.39. The van der Waals surface area contributed by atoms with Crippen molar-refractivity contribution in [2.75, 3.05) is 18.0 Å². The summed E-state index contributed by atoms with van der Waals surface area (Å²) in [6, 6.07) is 7.71. The molecule has 22 heavy (non-hydrogen) atoms. The molecule has 0 atom stereocenters. The van der Waals surface area contributed by atoms with Gasteiger partial charge in [0.1, 0.15) is 0 Å². The lowest BCUT2D eigenvalue weighted by Crippen LogP contribution is -2.34. The summed E-state index contributed by atoms with van der Waals surface area (Å²) in [7, 11) is 0. The Balaban J connectivity index is 1.88. The largest absolute Gasteiger partial charge is 0.372 e. The van der Waals surface area contributed by atoms with E-state index in [1.54, 1.807) is 0 Å². The Kier molecular flexibility index (Phi) is 6.07. The lowest BCUT2D eigenvalue weighted by molar-refractivity contribution is 0.0941. The van der Waals surface area contributed by atoms with Crippen molar-refractivity contribution in [1.29, 1.82) is 0 Å². The fourth-order valence-corrected chi connectivity index (χ4v) is 2.54. The standard InChI is InChI=1S/C18H25N3O/c1-3-21(4-2)17-12-10-16(11-13-17)18(22)20-19-14-15-8-6-5-7-9-15/h5-6,10-14,19H,3-4,7-9H2,1-2H3,(H,20,22)/b15-14+. The van der Waals surface area contributed by atoms with Gasteiger partial charge in [0.2, 0.25) is 0 Å². The molecule has 0 saturated heterocycles. The first-order valence-corrected chi connectivity index (χ1v) is 7.98. The minimum Gasteiger partial charge on any atom is -0.372 e. The van der Waals surface area contributed by atoms with E-state index in [1.165, 1.54) is 5.57 Å². The lowest BCUT2D eigenvalue weighted by Gasteiger charge is -2.21. The molecular weight excluding hydrogens is 274 g/mol. The number of anilines is 1. The minimum atomic E-state index is -0.116. The zero-order valence-corrected chi connectivity index (χ0v) is 13.4. The third kappa shape index (κ3) is 4.38. The first kappa shape index (κ1) is 16.1. The van der Waals surface area contributed by atoms with Crippen molar-refractivity contribution in [1.82, 2.24) is 10.9 Å². The van der Waals surface area contributed by atoms with Gasteiger partial charge in [0, 0.05) is 30.5 Å². The number of amides is 1. The molecule has 1 aliphatic carbocycles. The minimum absolute atomic E-state index is 0.116. The van der Waals surface area contributed by atoms with E-state index in [9.17, 15) is 4.79 Å². The number of carbonyl (C=O) groups is 1. The van der Waals surface area contributed by atoms with Crippen molar-refractivity contribution in [3.05, 3.63) is 53.8 Å². The van der Waals surface area contributed by atoms with E-state index in [0.717, 1.165) is 38.0 Å². The van der Waals surface area contributed by atoms with Crippen molar-refractivity contribution in [3.8, 4) is 0 Å². The number of carbonyl (C=O) groups excluding carboxylic acids is 1. The molecule has 0 bridgehead atoms. The van der Waals surface area contributed by atoms with E-state index in [4.69, 9.17) is 0 Å². The SMILES string of the molecule is CCN(CC)c1ccc(C(=O)NN/C=C2\CC=CCC2)cc1. The summed E-state index contributed by atoms with van der Waals surface area (Å²) in [6.07, 6.45) is 9.33. The highest BCUT2D eigenvalue weighted by Crippen LogP contribution is 2.16. The van der Waals surface area contributed by atoms with Crippen LogP contribution in [0.4, 0.5) is 5.69 Å². The molecule has 0 aromatic heterocycles. The summed E-state index contributed by atoms with van der Waals surface area (Å²) in [5.74, 6) is -0.116. The van der Waals surface area contributed by atoms with Crippen molar-refractivity contribution in [2.45, 2.75) is 33.1 Å². The Bertz CT molecular complexity index is 542. The molecule has 4 heteroatoms. The molecule has 1 aromatic rings. The van der Waals surface area contributed by atoms with Crippen LogP contribution in [-0.4, -0.2) is 19.0 Å². The second kappa shape index (κ2) is 8.27. The third-order valence-electron chi connectivity index (χ3n) is 3.90. The van der Waals surface area contributed by atoms with Crippen LogP contribution in [0.25, 0.3) is 0 Å². The van der Waals surface area contributed by atoms with Gasteiger partial charge in [-0.15, -0.1) is 0 Å². The maximum atomic E-state index is 12.1. The van der Waals surface area contributed by atoms with E-state index >= 15 is 0 Å². The van der Waals surface area contributed by atoms with Gasteiger partial charge in [-0.1, -0.05) is 12.2 Å². The second-order valence-electron chi connectivity index (χ2n) is 5.33. The first-order chi connectivity index (χ1) is 10.7. The zero-order valence-electron chi connectivity index (χ0n) is 13.4. The number of hydrogen-bond donors (Lipinski definition) is 2. The number of rotatable bonds is 6. The molecule has 0 fully saturated rings. The van der Waals surface area contributed by atoms with Crippen LogP contribution in [0, 0.1) is 0 Å². The summed E-state index contributed by atoms with van der Waals surface area (Å²) in [5.41, 5.74) is 8.73. The molecule has 1 amide bonds. The van der Waals surface area contributed by atoms with Gasteiger partial charge in [0.05, 0.1) is 0 Å². The summed E-state index contributed by atoms with van der Waals surface area (Å²) in [4.78, 5) is 14.3. The summed E-state index contributed by atoms with van der Waals surface area (Å²) in [6.45, 7) is 6.18. The van der Waals surface area contributed by atoms with Crippen LogP contribution in [0.3, 0.4) is 0 Å². The molecule has 1 aliphatic rings. The van der Waals surface area contributed by atoms with Crippen LogP contribution in [0.5, 0.6) is 0 Å². The van der Waals surface area contributed by atoms with Crippen LogP contribution in [-0.2, 0) is 0 Å². The molecule has 0 saturated carbocycles. The van der Waals surface area contributed by atoms with Crippen molar-refractivity contribution in [2.24, 2.45) is 0 Å². The number of benzene rings is 1. The zero-order chi connectivity index (χ0) is 15.8. The predicted molar refractivity (Wildman–Crippen MR) is 91.7 cm³/mol. The van der Waals surface area contributed by atoms with Crippen molar-refractivity contribution in [3.63, 3.8) is 0 Å². The van der Waals surface area contributed by atoms with Gasteiger partial charge in [-0.25, -0.2) is 0 Å². The molecular formula is C18H25N3O. The number of nitrogens with zero attached hydrogens (tertiary/aromatic N) is 1. The van der Waals surface area contributed by atoms with Crippen molar-refractivity contribution < 1.29 is 4.79 Å². The van der Waals surface area contributed by atoms with Gasteiger partial charge in [-0.05, 0) is 62.9 Å². The van der Waals surface area contributed by atoms with Crippen LogP contribution < -0.4 is 15.8 Å². The van der Waals surface area contributed by atoms with Gasteiger partial charge >= 0.3 is 0 Å². The smallest absolute Gasteiger partial charge is 0.269 e. The van der Waals surface area contributed by atoms with Crippen LogP contribution in [0.1, 0.15) is 43.5 Å². The topological polar surface area (TPSA) is 44.4 Å². The van der Waals surface area contributed by atoms with E-state index in [2.05, 4.69) is 41.8 Å². The Morgan fingerprint density at radius 1 is 1.18 bits per heavy atom. The summed E-state index contributed by atoms with van der Waals surface area (Å²) >= 11 is 0. The fraction of sp³-hybridized carbons (Fsp3) is 0.389. The average molecular weight is 299 g/mol. The van der Waals surface area contributed by atoms with Crippen molar-refractivity contribution >= 4 is 11.6 Å².